The standard InChI is InChI=1S/C18H29N.C2H6/c1-4-5-9-16(3)19-13-11-17(12-14-19)18-10-7-6-8-15(18)2;1-2/h6-8,10,16-17H,4-5,9,11-14H2,1-3H3;1-2H3. The summed E-state index contributed by atoms with van der Waals surface area (Å²) >= 11 is 0. The van der Waals surface area contributed by atoms with Crippen LogP contribution in [-0.4, -0.2) is 24.0 Å². The van der Waals surface area contributed by atoms with Gasteiger partial charge in [0, 0.05) is 6.04 Å². The largest absolute Gasteiger partial charge is 0.301 e. The summed E-state index contributed by atoms with van der Waals surface area (Å²) in [6.07, 6.45) is 6.73. The Kier molecular flexibility index (Phi) is 8.68. The summed E-state index contributed by atoms with van der Waals surface area (Å²) in [7, 11) is 0. The molecule has 1 nitrogen and oxygen atoms in total. The van der Waals surface area contributed by atoms with Crippen molar-refractivity contribution in [3.05, 3.63) is 35.4 Å². The van der Waals surface area contributed by atoms with E-state index in [-0.39, 0.29) is 0 Å². The van der Waals surface area contributed by atoms with Crippen molar-refractivity contribution >= 4 is 0 Å². The van der Waals surface area contributed by atoms with Crippen LogP contribution in [0.1, 0.15) is 76.8 Å². The average Bonchev–Trinajstić information content (AvgIpc) is 2.55. The molecular weight excluding hydrogens is 254 g/mol. The van der Waals surface area contributed by atoms with Crippen LogP contribution in [0.2, 0.25) is 0 Å². The molecule has 1 aromatic rings. The van der Waals surface area contributed by atoms with Crippen LogP contribution in [0.5, 0.6) is 0 Å². The molecule has 120 valence electrons. The van der Waals surface area contributed by atoms with E-state index in [1.165, 1.54) is 50.8 Å². The summed E-state index contributed by atoms with van der Waals surface area (Å²) < 4.78 is 0. The van der Waals surface area contributed by atoms with Gasteiger partial charge in [0.1, 0.15) is 0 Å². The van der Waals surface area contributed by atoms with Gasteiger partial charge >= 0.3 is 0 Å². The van der Waals surface area contributed by atoms with Crippen molar-refractivity contribution < 1.29 is 0 Å². The normalized spacial score (nSPS) is 18.0. The van der Waals surface area contributed by atoms with Gasteiger partial charge in [-0.25, -0.2) is 0 Å². The van der Waals surface area contributed by atoms with E-state index in [0.717, 1.165) is 12.0 Å². The molecule has 21 heavy (non-hydrogen) atoms. The van der Waals surface area contributed by atoms with E-state index in [9.17, 15) is 0 Å². The van der Waals surface area contributed by atoms with Gasteiger partial charge in [-0.05, 0) is 63.2 Å². The molecule has 0 aromatic heterocycles. The number of aryl methyl sites for hydroxylation is 1. The van der Waals surface area contributed by atoms with E-state index in [0.29, 0.717) is 0 Å². The molecule has 1 aromatic carbocycles. The monoisotopic (exact) mass is 289 g/mol. The van der Waals surface area contributed by atoms with Gasteiger partial charge in [-0.2, -0.15) is 0 Å². The second kappa shape index (κ2) is 10.00. The van der Waals surface area contributed by atoms with Crippen molar-refractivity contribution in [3.63, 3.8) is 0 Å². The van der Waals surface area contributed by atoms with Crippen LogP contribution in [-0.2, 0) is 0 Å². The smallest absolute Gasteiger partial charge is 0.00669 e. The molecule has 1 atom stereocenters. The quantitative estimate of drug-likeness (QED) is 0.664. The Hall–Kier alpha value is -0.820. The Balaban J connectivity index is 0.00000106. The maximum atomic E-state index is 2.70. The topological polar surface area (TPSA) is 3.24 Å². The number of hydrogen-bond acceptors (Lipinski definition) is 1. The van der Waals surface area contributed by atoms with Crippen LogP contribution in [0, 0.1) is 6.92 Å². The predicted octanol–water partition coefficient (Wildman–Crippen LogP) is 5.78. The fraction of sp³-hybridized carbons (Fsp3) is 0.700. The summed E-state index contributed by atoms with van der Waals surface area (Å²) in [5, 5.41) is 0. The molecule has 0 bridgehead atoms. The number of rotatable bonds is 5. The molecule has 0 radical (unpaired) electrons. The summed E-state index contributed by atoms with van der Waals surface area (Å²) in [6.45, 7) is 13.5. The van der Waals surface area contributed by atoms with Gasteiger partial charge in [0.25, 0.3) is 0 Å². The first-order valence-electron chi connectivity index (χ1n) is 9.02. The van der Waals surface area contributed by atoms with Crippen molar-refractivity contribution in [3.8, 4) is 0 Å². The maximum Gasteiger partial charge on any atom is 0.00669 e. The summed E-state index contributed by atoms with van der Waals surface area (Å²) in [5.74, 6) is 0.788. The first-order valence-corrected chi connectivity index (χ1v) is 9.02. The van der Waals surface area contributed by atoms with Crippen molar-refractivity contribution in [1.29, 1.82) is 0 Å². The molecular formula is C20H35N. The first kappa shape index (κ1) is 18.2. The van der Waals surface area contributed by atoms with E-state index >= 15 is 0 Å². The third-order valence-electron chi connectivity index (χ3n) is 4.76. The minimum absolute atomic E-state index is 0.776. The van der Waals surface area contributed by atoms with Crippen LogP contribution < -0.4 is 0 Å². The SMILES string of the molecule is CC.CCCCC(C)N1CCC(c2ccccc2C)CC1. The highest BCUT2D eigenvalue weighted by Gasteiger charge is 2.23. The van der Waals surface area contributed by atoms with Gasteiger partial charge < -0.3 is 4.90 Å². The lowest BCUT2D eigenvalue weighted by molar-refractivity contribution is 0.153. The van der Waals surface area contributed by atoms with Gasteiger partial charge in [-0.1, -0.05) is 57.9 Å². The molecule has 0 spiro atoms. The van der Waals surface area contributed by atoms with E-state index < -0.39 is 0 Å². The summed E-state index contributed by atoms with van der Waals surface area (Å²) in [6, 6.07) is 9.71. The molecule has 1 aliphatic rings. The van der Waals surface area contributed by atoms with Gasteiger partial charge in [0.2, 0.25) is 0 Å². The van der Waals surface area contributed by atoms with Crippen LogP contribution in [0.3, 0.4) is 0 Å². The van der Waals surface area contributed by atoms with E-state index in [1.54, 1.807) is 5.56 Å². The number of nitrogens with zero attached hydrogens (tertiary/aromatic N) is 1. The molecule has 2 rings (SSSR count). The minimum Gasteiger partial charge on any atom is -0.301 e. The van der Waals surface area contributed by atoms with E-state index in [4.69, 9.17) is 0 Å². The highest BCUT2D eigenvalue weighted by atomic mass is 15.2. The minimum atomic E-state index is 0.776. The Morgan fingerprint density at radius 1 is 1.14 bits per heavy atom. The number of benzene rings is 1. The zero-order valence-electron chi connectivity index (χ0n) is 14.9. The van der Waals surface area contributed by atoms with Gasteiger partial charge in [0.15, 0.2) is 0 Å². The van der Waals surface area contributed by atoms with Crippen LogP contribution in [0.25, 0.3) is 0 Å². The second-order valence-corrected chi connectivity index (χ2v) is 6.16. The molecule has 1 heterocycles. The number of hydrogen-bond donors (Lipinski definition) is 0. The fourth-order valence-electron chi connectivity index (χ4n) is 3.38. The summed E-state index contributed by atoms with van der Waals surface area (Å²) in [4.78, 5) is 2.70. The molecule has 0 aliphatic carbocycles. The molecule has 0 saturated carbocycles. The Morgan fingerprint density at radius 2 is 1.76 bits per heavy atom. The van der Waals surface area contributed by atoms with Gasteiger partial charge in [-0.3, -0.25) is 0 Å². The Bertz CT molecular complexity index is 377. The second-order valence-electron chi connectivity index (χ2n) is 6.16. The average molecular weight is 290 g/mol. The van der Waals surface area contributed by atoms with E-state index in [2.05, 4.69) is 49.9 Å². The molecule has 0 amide bonds. The fourth-order valence-corrected chi connectivity index (χ4v) is 3.38. The lowest BCUT2D eigenvalue weighted by Gasteiger charge is -2.36. The molecule has 1 unspecified atom stereocenters. The van der Waals surface area contributed by atoms with Crippen LogP contribution in [0.4, 0.5) is 0 Å². The molecule has 0 N–H and O–H groups in total. The van der Waals surface area contributed by atoms with Crippen LogP contribution in [0.15, 0.2) is 24.3 Å². The molecule has 1 aliphatic heterocycles. The van der Waals surface area contributed by atoms with Crippen molar-refractivity contribution in [1.82, 2.24) is 4.90 Å². The molecule has 1 saturated heterocycles. The van der Waals surface area contributed by atoms with Gasteiger partial charge in [-0.15, -0.1) is 0 Å². The van der Waals surface area contributed by atoms with Crippen LogP contribution >= 0.6 is 0 Å². The lowest BCUT2D eigenvalue weighted by Crippen LogP contribution is -2.39. The Labute approximate surface area is 132 Å². The third kappa shape index (κ3) is 5.47. The van der Waals surface area contributed by atoms with Gasteiger partial charge in [0.05, 0.1) is 0 Å². The number of piperidine rings is 1. The zero-order chi connectivity index (χ0) is 15.7. The highest BCUT2D eigenvalue weighted by Crippen LogP contribution is 2.31. The maximum absolute atomic E-state index is 2.70. The first-order chi connectivity index (χ1) is 10.2. The highest BCUT2D eigenvalue weighted by molar-refractivity contribution is 5.29. The number of unbranched alkanes of at least 4 members (excludes halogenated alkanes) is 1. The van der Waals surface area contributed by atoms with Crippen molar-refractivity contribution in [2.45, 2.75) is 78.7 Å². The lowest BCUT2D eigenvalue weighted by atomic mass is 9.86. The molecule has 1 heteroatoms. The predicted molar refractivity (Wildman–Crippen MR) is 95.1 cm³/mol. The third-order valence-corrected chi connectivity index (χ3v) is 4.76. The Morgan fingerprint density at radius 3 is 2.33 bits per heavy atom. The summed E-state index contributed by atoms with van der Waals surface area (Å²) in [5.41, 5.74) is 3.06. The van der Waals surface area contributed by atoms with E-state index in [1.807, 2.05) is 13.8 Å². The zero-order valence-corrected chi connectivity index (χ0v) is 14.9. The number of likely N-dealkylation sites (tertiary alicyclic amines) is 1. The molecule has 1 fully saturated rings. The van der Waals surface area contributed by atoms with Crippen molar-refractivity contribution in [2.75, 3.05) is 13.1 Å². The van der Waals surface area contributed by atoms with Crippen molar-refractivity contribution in [2.24, 2.45) is 0 Å².